The molecule has 0 unspecified atom stereocenters. The van der Waals surface area contributed by atoms with Crippen LogP contribution in [0.5, 0.6) is 5.75 Å². The molecule has 15 heavy (non-hydrogen) atoms. The summed E-state index contributed by atoms with van der Waals surface area (Å²) in [5.41, 5.74) is 4.33. The molecule has 0 aliphatic rings. The summed E-state index contributed by atoms with van der Waals surface area (Å²) in [7, 11) is 1.75. The van der Waals surface area contributed by atoms with E-state index in [0.29, 0.717) is 5.92 Å². The zero-order valence-electron chi connectivity index (χ0n) is 10.6. The fourth-order valence-electron chi connectivity index (χ4n) is 2.23. The summed E-state index contributed by atoms with van der Waals surface area (Å²) in [5.74, 6) is 1.63. The minimum absolute atomic E-state index is 0.594. The average molecular weight is 206 g/mol. The summed E-state index contributed by atoms with van der Waals surface area (Å²) >= 11 is 0. The molecule has 0 saturated heterocycles. The Labute approximate surface area is 93.5 Å². The molecular weight excluding hydrogens is 184 g/mol. The SMILES string of the molecule is CCc1c(OC)ccc(C(C)C)c1CC. The first kappa shape index (κ1) is 12.1. The van der Waals surface area contributed by atoms with Crippen LogP contribution in [-0.2, 0) is 12.8 Å². The molecule has 0 N–H and O–H groups in total. The van der Waals surface area contributed by atoms with E-state index in [-0.39, 0.29) is 0 Å². The van der Waals surface area contributed by atoms with Crippen molar-refractivity contribution in [2.45, 2.75) is 46.5 Å². The van der Waals surface area contributed by atoms with Gasteiger partial charge in [-0.1, -0.05) is 33.8 Å². The molecule has 1 aromatic carbocycles. The number of benzene rings is 1. The van der Waals surface area contributed by atoms with Gasteiger partial charge in [0.1, 0.15) is 5.75 Å². The monoisotopic (exact) mass is 206 g/mol. The van der Waals surface area contributed by atoms with E-state index in [2.05, 4.69) is 39.8 Å². The second-order valence-electron chi connectivity index (χ2n) is 4.18. The van der Waals surface area contributed by atoms with E-state index in [1.165, 1.54) is 16.7 Å². The Bertz CT molecular complexity index is 326. The first-order valence-electron chi connectivity index (χ1n) is 5.84. The lowest BCUT2D eigenvalue weighted by Gasteiger charge is -2.18. The second-order valence-corrected chi connectivity index (χ2v) is 4.18. The van der Waals surface area contributed by atoms with Crippen molar-refractivity contribution in [1.29, 1.82) is 0 Å². The Morgan fingerprint density at radius 1 is 1.07 bits per heavy atom. The predicted octanol–water partition coefficient (Wildman–Crippen LogP) is 3.94. The third-order valence-electron chi connectivity index (χ3n) is 2.97. The highest BCUT2D eigenvalue weighted by Gasteiger charge is 2.12. The quantitative estimate of drug-likeness (QED) is 0.725. The van der Waals surface area contributed by atoms with E-state index in [1.54, 1.807) is 7.11 Å². The molecule has 0 spiro atoms. The van der Waals surface area contributed by atoms with Gasteiger partial charge in [-0.3, -0.25) is 0 Å². The van der Waals surface area contributed by atoms with Crippen LogP contribution in [0.15, 0.2) is 12.1 Å². The summed E-state index contributed by atoms with van der Waals surface area (Å²) in [6, 6.07) is 4.31. The van der Waals surface area contributed by atoms with E-state index >= 15 is 0 Å². The predicted molar refractivity (Wildman–Crippen MR) is 65.8 cm³/mol. The molecule has 0 amide bonds. The summed E-state index contributed by atoms with van der Waals surface area (Å²) < 4.78 is 5.41. The standard InChI is InChI=1S/C14H22O/c1-6-11-12(7-2)14(15-5)9-8-13(11)10(3)4/h8-10H,6-7H2,1-5H3. The van der Waals surface area contributed by atoms with Gasteiger partial charge in [-0.15, -0.1) is 0 Å². The number of hydrogen-bond donors (Lipinski definition) is 0. The van der Waals surface area contributed by atoms with E-state index < -0.39 is 0 Å². The lowest BCUT2D eigenvalue weighted by Crippen LogP contribution is -2.02. The number of ether oxygens (including phenoxy) is 1. The maximum atomic E-state index is 5.41. The maximum Gasteiger partial charge on any atom is 0.122 e. The number of hydrogen-bond acceptors (Lipinski definition) is 1. The van der Waals surface area contributed by atoms with E-state index in [0.717, 1.165) is 18.6 Å². The molecule has 1 heteroatoms. The van der Waals surface area contributed by atoms with Gasteiger partial charge < -0.3 is 4.74 Å². The van der Waals surface area contributed by atoms with Gasteiger partial charge in [-0.2, -0.15) is 0 Å². The second kappa shape index (κ2) is 5.20. The molecule has 1 nitrogen and oxygen atoms in total. The first-order chi connectivity index (χ1) is 7.15. The highest BCUT2D eigenvalue weighted by molar-refractivity contribution is 5.46. The molecule has 0 aromatic heterocycles. The van der Waals surface area contributed by atoms with Crippen LogP contribution in [0.2, 0.25) is 0 Å². The van der Waals surface area contributed by atoms with Crippen molar-refractivity contribution in [3.05, 3.63) is 28.8 Å². The lowest BCUT2D eigenvalue weighted by molar-refractivity contribution is 0.409. The Morgan fingerprint density at radius 3 is 2.07 bits per heavy atom. The van der Waals surface area contributed by atoms with E-state index in [4.69, 9.17) is 4.74 Å². The molecule has 0 radical (unpaired) electrons. The summed E-state index contributed by atoms with van der Waals surface area (Å²) in [6.07, 6.45) is 2.14. The lowest BCUT2D eigenvalue weighted by atomic mass is 9.90. The Morgan fingerprint density at radius 2 is 1.67 bits per heavy atom. The largest absolute Gasteiger partial charge is 0.496 e. The van der Waals surface area contributed by atoms with Crippen LogP contribution in [0.3, 0.4) is 0 Å². The molecule has 0 aliphatic carbocycles. The third kappa shape index (κ3) is 2.34. The Balaban J connectivity index is 3.34. The van der Waals surface area contributed by atoms with Crippen LogP contribution >= 0.6 is 0 Å². The summed E-state index contributed by atoms with van der Waals surface area (Å²) in [4.78, 5) is 0. The van der Waals surface area contributed by atoms with Crippen molar-refractivity contribution in [3.63, 3.8) is 0 Å². The van der Waals surface area contributed by atoms with Crippen LogP contribution in [0.1, 0.15) is 50.3 Å². The molecule has 1 aromatic rings. The van der Waals surface area contributed by atoms with Gasteiger partial charge in [-0.25, -0.2) is 0 Å². The molecule has 0 heterocycles. The van der Waals surface area contributed by atoms with Crippen molar-refractivity contribution >= 4 is 0 Å². The zero-order chi connectivity index (χ0) is 11.4. The van der Waals surface area contributed by atoms with Gasteiger partial charge in [0.05, 0.1) is 7.11 Å². The Kier molecular flexibility index (Phi) is 4.19. The van der Waals surface area contributed by atoms with Gasteiger partial charge in [0, 0.05) is 0 Å². The van der Waals surface area contributed by atoms with Crippen molar-refractivity contribution in [2.75, 3.05) is 7.11 Å². The number of methoxy groups -OCH3 is 1. The molecule has 1 rings (SSSR count). The molecule has 0 bridgehead atoms. The smallest absolute Gasteiger partial charge is 0.122 e. The number of rotatable bonds is 4. The first-order valence-corrected chi connectivity index (χ1v) is 5.84. The minimum Gasteiger partial charge on any atom is -0.496 e. The minimum atomic E-state index is 0.594. The normalized spacial score (nSPS) is 10.8. The molecular formula is C14H22O. The Hall–Kier alpha value is -0.980. The van der Waals surface area contributed by atoms with Gasteiger partial charge in [-0.05, 0) is 41.5 Å². The van der Waals surface area contributed by atoms with Gasteiger partial charge >= 0.3 is 0 Å². The average Bonchev–Trinajstić information content (AvgIpc) is 2.26. The molecule has 0 saturated carbocycles. The van der Waals surface area contributed by atoms with Crippen LogP contribution in [0.25, 0.3) is 0 Å². The maximum absolute atomic E-state index is 5.41. The highest BCUT2D eigenvalue weighted by Crippen LogP contribution is 2.30. The van der Waals surface area contributed by atoms with Crippen molar-refractivity contribution in [2.24, 2.45) is 0 Å². The molecule has 84 valence electrons. The van der Waals surface area contributed by atoms with Crippen LogP contribution < -0.4 is 4.74 Å². The third-order valence-corrected chi connectivity index (χ3v) is 2.97. The fraction of sp³-hybridized carbons (Fsp3) is 0.571. The molecule has 0 atom stereocenters. The molecule has 0 fully saturated rings. The van der Waals surface area contributed by atoms with Crippen LogP contribution in [0, 0.1) is 0 Å². The molecule has 0 aliphatic heterocycles. The zero-order valence-corrected chi connectivity index (χ0v) is 10.6. The topological polar surface area (TPSA) is 9.23 Å². The van der Waals surface area contributed by atoms with Crippen LogP contribution in [0.4, 0.5) is 0 Å². The van der Waals surface area contributed by atoms with Gasteiger partial charge in [0.15, 0.2) is 0 Å². The van der Waals surface area contributed by atoms with Crippen LogP contribution in [-0.4, -0.2) is 7.11 Å². The van der Waals surface area contributed by atoms with E-state index in [9.17, 15) is 0 Å². The van der Waals surface area contributed by atoms with Crippen molar-refractivity contribution in [3.8, 4) is 5.75 Å². The summed E-state index contributed by atoms with van der Waals surface area (Å²) in [5, 5.41) is 0. The van der Waals surface area contributed by atoms with E-state index in [1.807, 2.05) is 0 Å². The van der Waals surface area contributed by atoms with Crippen molar-refractivity contribution < 1.29 is 4.74 Å². The fourth-order valence-corrected chi connectivity index (χ4v) is 2.23. The summed E-state index contributed by atoms with van der Waals surface area (Å²) in [6.45, 7) is 8.92. The van der Waals surface area contributed by atoms with Crippen molar-refractivity contribution in [1.82, 2.24) is 0 Å². The van der Waals surface area contributed by atoms with Gasteiger partial charge in [0.2, 0.25) is 0 Å². The van der Waals surface area contributed by atoms with Gasteiger partial charge in [0.25, 0.3) is 0 Å². The highest BCUT2D eigenvalue weighted by atomic mass is 16.5.